The molecule has 0 radical (unpaired) electrons. The van der Waals surface area contributed by atoms with Crippen molar-refractivity contribution in [3.63, 3.8) is 0 Å². The van der Waals surface area contributed by atoms with Gasteiger partial charge in [0.2, 0.25) is 5.69 Å². The number of carbonyl (C=O) groups is 1. The van der Waals surface area contributed by atoms with Crippen LogP contribution < -0.4 is 4.90 Å². The van der Waals surface area contributed by atoms with Crippen LogP contribution in [-0.2, 0) is 17.6 Å². The van der Waals surface area contributed by atoms with Crippen LogP contribution in [-0.4, -0.2) is 47.5 Å². The fourth-order valence-corrected chi connectivity index (χ4v) is 5.70. The Morgan fingerprint density at radius 2 is 1.61 bits per heavy atom. The van der Waals surface area contributed by atoms with Gasteiger partial charge in [-0.3, -0.25) is 4.90 Å². The number of anilines is 1. The Kier molecular flexibility index (Phi) is 5.94. The minimum absolute atomic E-state index is 0.360. The molecule has 0 saturated heterocycles. The molecule has 192 valence electrons. The Morgan fingerprint density at radius 1 is 0.921 bits per heavy atom. The van der Waals surface area contributed by atoms with Crippen LogP contribution in [0.5, 0.6) is 0 Å². The zero-order valence-corrected chi connectivity index (χ0v) is 22.6. The highest BCUT2D eigenvalue weighted by atomic mass is 16.6. The molecule has 0 unspecified atom stereocenters. The summed E-state index contributed by atoms with van der Waals surface area (Å²) >= 11 is 0. The third kappa shape index (κ3) is 4.32. The van der Waals surface area contributed by atoms with Gasteiger partial charge in [-0.15, -0.1) is 0 Å². The highest BCUT2D eigenvalue weighted by molar-refractivity contribution is 6.20. The van der Waals surface area contributed by atoms with E-state index in [0.29, 0.717) is 0 Å². The van der Waals surface area contributed by atoms with Gasteiger partial charge in [0.1, 0.15) is 5.60 Å². The van der Waals surface area contributed by atoms with Crippen LogP contribution in [0.2, 0.25) is 0 Å². The molecule has 5 heteroatoms. The summed E-state index contributed by atoms with van der Waals surface area (Å²) in [6, 6.07) is 25.6. The second-order valence-electron chi connectivity index (χ2n) is 11.2. The average Bonchev–Trinajstić information content (AvgIpc) is 3.58. The van der Waals surface area contributed by atoms with Gasteiger partial charge in [0.25, 0.3) is 0 Å². The quantitative estimate of drug-likeness (QED) is 0.375. The summed E-state index contributed by atoms with van der Waals surface area (Å²) in [7, 11) is 1.83. The van der Waals surface area contributed by atoms with Crippen LogP contribution in [0.25, 0.3) is 11.1 Å². The first-order valence-electron chi connectivity index (χ1n) is 13.4. The number of likely N-dealkylation sites (N-methyl/N-ethyl adjacent to an activating group) is 1. The van der Waals surface area contributed by atoms with Crippen LogP contribution in [0.4, 0.5) is 16.2 Å². The van der Waals surface area contributed by atoms with E-state index in [-0.39, 0.29) is 6.09 Å². The molecule has 0 bridgehead atoms. The van der Waals surface area contributed by atoms with E-state index in [0.717, 1.165) is 53.9 Å². The van der Waals surface area contributed by atoms with E-state index in [9.17, 15) is 4.79 Å². The van der Waals surface area contributed by atoms with E-state index in [1.165, 1.54) is 22.5 Å². The minimum Gasteiger partial charge on any atom is -0.443 e. The Labute approximate surface area is 225 Å². The fourth-order valence-electron chi connectivity index (χ4n) is 5.70. The van der Waals surface area contributed by atoms with E-state index in [2.05, 4.69) is 94.7 Å². The molecule has 5 nitrogen and oxygen atoms in total. The van der Waals surface area contributed by atoms with Crippen LogP contribution in [0.1, 0.15) is 43.0 Å². The van der Waals surface area contributed by atoms with Crippen molar-refractivity contribution in [2.24, 2.45) is 0 Å². The van der Waals surface area contributed by atoms with Gasteiger partial charge in [-0.25, -0.2) is 4.79 Å². The molecule has 3 aromatic carbocycles. The van der Waals surface area contributed by atoms with E-state index in [1.807, 2.05) is 27.8 Å². The molecule has 0 spiro atoms. The monoisotopic (exact) mass is 504 g/mol. The fraction of sp³-hybridized carbons (Fsp3) is 0.273. The van der Waals surface area contributed by atoms with Crippen molar-refractivity contribution in [2.45, 2.75) is 39.2 Å². The maximum absolute atomic E-state index is 13.5. The molecule has 0 fully saturated rings. The van der Waals surface area contributed by atoms with E-state index in [4.69, 9.17) is 4.74 Å². The van der Waals surface area contributed by atoms with Crippen molar-refractivity contribution >= 4 is 34.8 Å². The first kappa shape index (κ1) is 24.2. The van der Waals surface area contributed by atoms with Crippen LogP contribution in [0.3, 0.4) is 0 Å². The zero-order valence-electron chi connectivity index (χ0n) is 22.6. The molecular weight excluding hydrogens is 470 g/mol. The summed E-state index contributed by atoms with van der Waals surface area (Å²) in [6.45, 7) is 7.54. The van der Waals surface area contributed by atoms with E-state index < -0.39 is 5.60 Å². The normalized spacial score (nSPS) is 18.2. The summed E-state index contributed by atoms with van der Waals surface area (Å²) in [5, 5.41) is 0. The lowest BCUT2D eigenvalue weighted by atomic mass is 10.0. The largest absolute Gasteiger partial charge is 0.443 e. The minimum atomic E-state index is -0.590. The van der Waals surface area contributed by atoms with Crippen LogP contribution in [0, 0.1) is 0 Å². The van der Waals surface area contributed by atoms with E-state index >= 15 is 0 Å². The van der Waals surface area contributed by atoms with Gasteiger partial charge in [0.05, 0.1) is 11.3 Å². The lowest BCUT2D eigenvalue weighted by Crippen LogP contribution is -2.34. The predicted octanol–water partition coefficient (Wildman–Crippen LogP) is 6.65. The molecule has 3 aliphatic rings. The number of allylic oxidation sites excluding steroid dienone is 2. The van der Waals surface area contributed by atoms with Gasteiger partial charge in [-0.05, 0) is 49.9 Å². The predicted molar refractivity (Wildman–Crippen MR) is 154 cm³/mol. The molecule has 1 amide bonds. The molecule has 2 aliphatic heterocycles. The molecular formula is C33H34N3O2+. The summed E-state index contributed by atoms with van der Waals surface area (Å²) < 4.78 is 8.16. The molecule has 38 heavy (non-hydrogen) atoms. The highest BCUT2D eigenvalue weighted by Crippen LogP contribution is 2.44. The van der Waals surface area contributed by atoms with Crippen molar-refractivity contribution in [1.82, 2.24) is 4.90 Å². The smallest absolute Gasteiger partial charge is 0.414 e. The number of nitrogens with zero attached hydrogens (tertiary/aromatic N) is 3. The number of ether oxygens (including phenoxy) is 1. The van der Waals surface area contributed by atoms with E-state index in [1.54, 1.807) is 4.90 Å². The van der Waals surface area contributed by atoms with Gasteiger partial charge >= 0.3 is 6.09 Å². The average molecular weight is 505 g/mol. The molecule has 0 saturated carbocycles. The molecule has 2 heterocycles. The van der Waals surface area contributed by atoms with Crippen molar-refractivity contribution in [3.8, 4) is 0 Å². The molecule has 0 atom stereocenters. The third-order valence-electron chi connectivity index (χ3n) is 7.44. The number of fused-ring (bicyclic) bond motifs is 3. The molecule has 1 aliphatic carbocycles. The summed E-state index contributed by atoms with van der Waals surface area (Å²) in [6.07, 6.45) is 6.10. The first-order chi connectivity index (χ1) is 18.3. The maximum Gasteiger partial charge on any atom is 0.414 e. The lowest BCUT2D eigenvalue weighted by molar-refractivity contribution is -0.422. The lowest BCUT2D eigenvalue weighted by Gasteiger charge is -2.27. The van der Waals surface area contributed by atoms with Crippen molar-refractivity contribution in [3.05, 3.63) is 107 Å². The zero-order chi connectivity index (χ0) is 26.4. The van der Waals surface area contributed by atoms with Gasteiger partial charge in [0, 0.05) is 49.1 Å². The summed E-state index contributed by atoms with van der Waals surface area (Å²) in [5.41, 5.74) is 9.74. The SMILES string of the molecule is CN(C(=O)OC(C)(C)C)C1=C(C=[N+]2CCc3ccccc32)c2ccccc2C1=CN1CCc2ccccc21. The number of hydrogen-bond acceptors (Lipinski definition) is 3. The molecule has 0 aromatic heterocycles. The third-order valence-corrected chi connectivity index (χ3v) is 7.44. The van der Waals surface area contributed by atoms with Crippen LogP contribution >= 0.6 is 0 Å². The second kappa shape index (κ2) is 9.32. The topological polar surface area (TPSA) is 35.8 Å². The Balaban J connectivity index is 1.54. The molecule has 0 N–H and O–H groups in total. The van der Waals surface area contributed by atoms with Crippen LogP contribution in [0.15, 0.2) is 84.7 Å². The number of rotatable bonds is 3. The molecule has 3 aromatic rings. The summed E-state index contributed by atoms with van der Waals surface area (Å²) in [5.74, 6) is 0. The van der Waals surface area contributed by atoms with Crippen molar-refractivity contribution in [2.75, 3.05) is 25.0 Å². The van der Waals surface area contributed by atoms with Crippen molar-refractivity contribution in [1.29, 1.82) is 0 Å². The number of hydrogen-bond donors (Lipinski definition) is 0. The molecule has 6 rings (SSSR count). The Hall–Kier alpha value is -4.12. The van der Waals surface area contributed by atoms with Gasteiger partial charge in [-0.1, -0.05) is 60.7 Å². The standard InChI is InChI=1S/C33H34N3O2/c1-33(2,3)38-32(37)34(4)31-27(21-35-19-17-23-11-5-9-15-29(23)35)25-13-7-8-14-26(25)28(31)22-36-20-18-24-12-6-10-16-30(24)36/h5-16,21-22H,17-20H2,1-4H3/q+1. The van der Waals surface area contributed by atoms with Gasteiger partial charge < -0.3 is 9.64 Å². The highest BCUT2D eigenvalue weighted by Gasteiger charge is 2.36. The second-order valence-corrected chi connectivity index (χ2v) is 11.2. The summed E-state index contributed by atoms with van der Waals surface area (Å²) in [4.78, 5) is 17.5. The number of para-hydroxylation sites is 2. The Bertz CT molecular complexity index is 1520. The number of amides is 1. The Morgan fingerprint density at radius 3 is 2.39 bits per heavy atom. The van der Waals surface area contributed by atoms with Gasteiger partial charge in [0.15, 0.2) is 12.8 Å². The number of benzene rings is 3. The number of carbonyl (C=O) groups excluding carboxylic acids is 1. The van der Waals surface area contributed by atoms with Crippen molar-refractivity contribution < 1.29 is 14.1 Å². The first-order valence-corrected chi connectivity index (χ1v) is 13.4. The maximum atomic E-state index is 13.5. The van der Waals surface area contributed by atoms with Gasteiger partial charge in [-0.2, -0.15) is 4.58 Å².